The van der Waals surface area contributed by atoms with Crippen molar-refractivity contribution in [2.75, 3.05) is 30.0 Å². The highest BCUT2D eigenvalue weighted by Gasteiger charge is 2.47. The van der Waals surface area contributed by atoms with E-state index in [2.05, 4.69) is 0 Å². The number of aliphatic hydroxyl groups excluding tert-OH is 1. The normalized spacial score (nSPS) is 19.8. The van der Waals surface area contributed by atoms with Crippen molar-refractivity contribution >= 4 is 40.2 Å². The molecule has 1 amide bonds. The highest BCUT2D eigenvalue weighted by Crippen LogP contribution is 2.45. The summed E-state index contributed by atoms with van der Waals surface area (Å²) in [5.74, 6) is -0.785. The molecule has 1 unspecified atom stereocenters. The third-order valence-electron chi connectivity index (χ3n) is 5.96. The van der Waals surface area contributed by atoms with Gasteiger partial charge in [-0.05, 0) is 54.3 Å². The number of rotatable bonds is 3. The Balaban J connectivity index is 1.70. The molecule has 1 atom stereocenters. The zero-order valence-corrected chi connectivity index (χ0v) is 18.6. The van der Waals surface area contributed by atoms with Crippen LogP contribution in [0.25, 0.3) is 5.76 Å². The quantitative estimate of drug-likeness (QED) is 0.364. The predicted molar refractivity (Wildman–Crippen MR) is 125 cm³/mol. The molecule has 32 heavy (non-hydrogen) atoms. The maximum Gasteiger partial charge on any atom is 0.300 e. The number of nitrogens with zero attached hydrogens (tertiary/aromatic N) is 2. The third kappa shape index (κ3) is 3.17. The topological polar surface area (TPSA) is 70.1 Å². The number of hydrogen-bond acceptors (Lipinski definition) is 6. The van der Waals surface area contributed by atoms with Gasteiger partial charge in [0.25, 0.3) is 11.7 Å². The van der Waals surface area contributed by atoms with Crippen molar-refractivity contribution in [3.63, 3.8) is 0 Å². The second kappa shape index (κ2) is 7.84. The van der Waals surface area contributed by atoms with Gasteiger partial charge < -0.3 is 14.7 Å². The molecule has 2 aromatic carbocycles. The molecule has 7 heteroatoms. The number of hydrogen-bond donors (Lipinski definition) is 1. The fourth-order valence-corrected chi connectivity index (χ4v) is 5.28. The lowest BCUT2D eigenvalue weighted by Gasteiger charge is -2.28. The molecule has 0 saturated carbocycles. The number of ether oxygens (including phenoxy) is 1. The first-order valence-corrected chi connectivity index (χ1v) is 11.2. The van der Waals surface area contributed by atoms with Crippen molar-refractivity contribution in [2.24, 2.45) is 0 Å². The Morgan fingerprint density at radius 3 is 2.62 bits per heavy atom. The van der Waals surface area contributed by atoms with Crippen molar-refractivity contribution in [1.29, 1.82) is 0 Å². The van der Waals surface area contributed by atoms with Gasteiger partial charge in [0.1, 0.15) is 24.2 Å². The number of anilines is 2. The van der Waals surface area contributed by atoms with Crippen LogP contribution in [0.4, 0.5) is 11.4 Å². The Bertz CT molecular complexity index is 1250. The lowest BCUT2D eigenvalue weighted by molar-refractivity contribution is -0.132. The number of benzene rings is 2. The molecule has 0 spiro atoms. The van der Waals surface area contributed by atoms with Crippen molar-refractivity contribution < 1.29 is 19.4 Å². The molecule has 2 aliphatic heterocycles. The van der Waals surface area contributed by atoms with Gasteiger partial charge in [-0.1, -0.05) is 18.2 Å². The van der Waals surface area contributed by atoms with Crippen LogP contribution in [-0.4, -0.2) is 37.0 Å². The van der Waals surface area contributed by atoms with Crippen molar-refractivity contribution in [3.05, 3.63) is 81.6 Å². The summed E-state index contributed by atoms with van der Waals surface area (Å²) < 4.78 is 5.70. The summed E-state index contributed by atoms with van der Waals surface area (Å²) in [7, 11) is 1.95. The number of para-hydroxylation sites is 1. The summed E-state index contributed by atoms with van der Waals surface area (Å²) in [5.41, 5.74) is 2.99. The van der Waals surface area contributed by atoms with E-state index in [1.54, 1.807) is 30.3 Å². The number of aryl methyl sites for hydroxylation is 1. The predicted octanol–water partition coefficient (Wildman–Crippen LogP) is 4.51. The van der Waals surface area contributed by atoms with Crippen LogP contribution in [0.3, 0.4) is 0 Å². The molecule has 2 aliphatic rings. The number of carbonyl (C=O) groups excluding carboxylic acids is 2. The second-order valence-electron chi connectivity index (χ2n) is 7.93. The summed E-state index contributed by atoms with van der Waals surface area (Å²) in [4.78, 5) is 30.8. The van der Waals surface area contributed by atoms with Gasteiger partial charge in [-0.25, -0.2) is 0 Å². The average Bonchev–Trinajstić information content (AvgIpc) is 3.34. The second-order valence-corrected chi connectivity index (χ2v) is 8.87. The summed E-state index contributed by atoms with van der Waals surface area (Å²) in [6, 6.07) is 15.7. The number of ketones is 1. The van der Waals surface area contributed by atoms with Crippen molar-refractivity contribution in [3.8, 4) is 5.75 Å². The van der Waals surface area contributed by atoms with Gasteiger partial charge in [-0.15, -0.1) is 11.3 Å². The van der Waals surface area contributed by atoms with E-state index in [9.17, 15) is 14.7 Å². The van der Waals surface area contributed by atoms with Crippen molar-refractivity contribution in [1.82, 2.24) is 0 Å². The maximum absolute atomic E-state index is 13.2. The van der Waals surface area contributed by atoms with Crippen LogP contribution in [0.2, 0.25) is 0 Å². The number of aliphatic hydroxyl groups is 1. The molecule has 162 valence electrons. The minimum Gasteiger partial charge on any atom is -0.507 e. The third-order valence-corrected chi connectivity index (χ3v) is 7.03. The Morgan fingerprint density at radius 1 is 1.12 bits per heavy atom. The lowest BCUT2D eigenvalue weighted by Crippen LogP contribution is -2.29. The average molecular weight is 447 g/mol. The number of amides is 1. The molecule has 3 heterocycles. The number of fused-ring (bicyclic) bond motifs is 1. The van der Waals surface area contributed by atoms with E-state index >= 15 is 0 Å². The van der Waals surface area contributed by atoms with Gasteiger partial charge in [0, 0.05) is 23.2 Å². The standard InChI is InChI=1S/C25H22N2O4S/c1-15-10-13-32-24(15)21-20(23(29)25(30)27(21)17-6-4-3-5-7-17)22(28)16-8-9-19-18(14-16)26(2)11-12-31-19/h3-10,13-14,21,28H,11-12H2,1-2H3/b22-20-. The van der Waals surface area contributed by atoms with Gasteiger partial charge in [-0.3, -0.25) is 14.5 Å². The fourth-order valence-electron chi connectivity index (χ4n) is 4.25. The fraction of sp³-hybridized carbons (Fsp3) is 0.200. The highest BCUT2D eigenvalue weighted by molar-refractivity contribution is 7.10. The van der Waals surface area contributed by atoms with E-state index in [-0.39, 0.29) is 11.3 Å². The number of Topliss-reactive ketones (excluding diaryl/α,β-unsaturated/α-hetero) is 1. The molecule has 0 bridgehead atoms. The van der Waals surface area contributed by atoms with E-state index in [0.29, 0.717) is 17.9 Å². The SMILES string of the molecule is Cc1ccsc1C1/C(=C(/O)c2ccc3c(c2)N(C)CCO3)C(=O)C(=O)N1c1ccccc1. The number of thiophene rings is 1. The molecule has 1 fully saturated rings. The summed E-state index contributed by atoms with van der Waals surface area (Å²) in [6.07, 6.45) is 0. The molecule has 1 saturated heterocycles. The molecule has 0 aliphatic carbocycles. The van der Waals surface area contributed by atoms with Gasteiger partial charge in [0.2, 0.25) is 0 Å². The Hall–Kier alpha value is -3.58. The van der Waals surface area contributed by atoms with Crippen LogP contribution in [0, 0.1) is 6.92 Å². The van der Waals surface area contributed by atoms with Crippen molar-refractivity contribution in [2.45, 2.75) is 13.0 Å². The lowest BCUT2D eigenvalue weighted by atomic mass is 9.97. The molecule has 1 aromatic heterocycles. The smallest absolute Gasteiger partial charge is 0.300 e. The monoisotopic (exact) mass is 446 g/mol. The van der Waals surface area contributed by atoms with E-state index in [1.165, 1.54) is 16.2 Å². The molecule has 5 rings (SSSR count). The Morgan fingerprint density at radius 2 is 1.91 bits per heavy atom. The van der Waals surface area contributed by atoms with E-state index < -0.39 is 17.7 Å². The van der Waals surface area contributed by atoms with Crippen LogP contribution >= 0.6 is 11.3 Å². The van der Waals surface area contributed by atoms with E-state index in [0.717, 1.165) is 28.4 Å². The molecular weight excluding hydrogens is 424 g/mol. The van der Waals surface area contributed by atoms with Gasteiger partial charge in [-0.2, -0.15) is 0 Å². The summed E-state index contributed by atoms with van der Waals surface area (Å²) in [5, 5.41) is 13.3. The van der Waals surface area contributed by atoms with Crippen LogP contribution in [-0.2, 0) is 9.59 Å². The first-order valence-electron chi connectivity index (χ1n) is 10.4. The van der Waals surface area contributed by atoms with Gasteiger partial charge in [0.05, 0.1) is 17.8 Å². The van der Waals surface area contributed by atoms with Gasteiger partial charge in [0.15, 0.2) is 0 Å². The van der Waals surface area contributed by atoms with Gasteiger partial charge >= 0.3 is 0 Å². The molecular formula is C25H22N2O4S. The first kappa shape index (κ1) is 20.3. The highest BCUT2D eigenvalue weighted by atomic mass is 32.1. The van der Waals surface area contributed by atoms with Crippen LogP contribution in [0.5, 0.6) is 5.75 Å². The molecule has 6 nitrogen and oxygen atoms in total. The molecule has 1 N–H and O–H groups in total. The number of carbonyl (C=O) groups is 2. The first-order chi connectivity index (χ1) is 15.5. The maximum atomic E-state index is 13.2. The van der Waals surface area contributed by atoms with E-state index in [4.69, 9.17) is 4.74 Å². The Labute approximate surface area is 190 Å². The summed E-state index contributed by atoms with van der Waals surface area (Å²) >= 11 is 1.47. The van der Waals surface area contributed by atoms with Crippen LogP contribution < -0.4 is 14.5 Å². The Kier molecular flexibility index (Phi) is 4.98. The minimum atomic E-state index is -0.692. The molecule has 0 radical (unpaired) electrons. The number of likely N-dealkylation sites (N-methyl/N-ethyl adjacent to an activating group) is 1. The van der Waals surface area contributed by atoms with Crippen LogP contribution in [0.1, 0.15) is 22.0 Å². The zero-order chi connectivity index (χ0) is 22.4. The van der Waals surface area contributed by atoms with Crippen LogP contribution in [0.15, 0.2) is 65.6 Å². The largest absolute Gasteiger partial charge is 0.507 e. The zero-order valence-electron chi connectivity index (χ0n) is 17.7. The molecule has 3 aromatic rings. The minimum absolute atomic E-state index is 0.101. The van der Waals surface area contributed by atoms with E-state index in [1.807, 2.05) is 48.5 Å². The summed E-state index contributed by atoms with van der Waals surface area (Å²) in [6.45, 7) is 3.26.